The number of nitrogens with zero attached hydrogens (tertiary/aromatic N) is 1. The molecule has 1 aromatic heterocycles. The first-order valence-corrected chi connectivity index (χ1v) is 5.34. The summed E-state index contributed by atoms with van der Waals surface area (Å²) in [5, 5.41) is 10.6. The summed E-state index contributed by atoms with van der Waals surface area (Å²) in [5.74, 6) is -0.828. The molecule has 1 heterocycles. The van der Waals surface area contributed by atoms with Crippen molar-refractivity contribution in [3.05, 3.63) is 39.1 Å². The normalized spacial score (nSPS) is 10.8. The summed E-state index contributed by atoms with van der Waals surface area (Å²) in [7, 11) is 1.53. The van der Waals surface area contributed by atoms with Crippen LogP contribution in [0.15, 0.2) is 23.0 Å². The number of aryl methyl sites for hydroxylation is 1. The van der Waals surface area contributed by atoms with Crippen molar-refractivity contribution in [1.82, 2.24) is 4.57 Å². The zero-order chi connectivity index (χ0) is 12.7. The van der Waals surface area contributed by atoms with Gasteiger partial charge in [-0.1, -0.05) is 17.7 Å². The van der Waals surface area contributed by atoms with E-state index in [1.807, 2.05) is 0 Å². The van der Waals surface area contributed by atoms with Gasteiger partial charge in [0.15, 0.2) is 5.78 Å². The maximum Gasteiger partial charge on any atom is 0.265 e. The highest BCUT2D eigenvalue weighted by Crippen LogP contribution is 2.32. The minimum atomic E-state index is -0.523. The largest absolute Gasteiger partial charge is 0.506 e. The van der Waals surface area contributed by atoms with Crippen LogP contribution in [-0.2, 0) is 7.05 Å². The van der Waals surface area contributed by atoms with Gasteiger partial charge in [-0.3, -0.25) is 9.59 Å². The van der Waals surface area contributed by atoms with Gasteiger partial charge >= 0.3 is 0 Å². The molecule has 88 valence electrons. The lowest BCUT2D eigenvalue weighted by molar-refractivity contribution is 0.101. The third-order valence-corrected chi connectivity index (χ3v) is 3.01. The van der Waals surface area contributed by atoms with Crippen LogP contribution >= 0.6 is 11.6 Å². The minimum absolute atomic E-state index is 0.229. The molecule has 0 fully saturated rings. The fourth-order valence-corrected chi connectivity index (χ4v) is 2.11. The summed E-state index contributed by atoms with van der Waals surface area (Å²) in [6.07, 6.45) is 0. The molecule has 0 unspecified atom stereocenters. The number of aromatic nitrogens is 1. The first-order chi connectivity index (χ1) is 7.95. The highest BCUT2D eigenvalue weighted by molar-refractivity contribution is 6.36. The number of carbonyl (C=O) groups is 1. The Labute approximate surface area is 102 Å². The zero-order valence-corrected chi connectivity index (χ0v) is 10.1. The molecule has 5 heteroatoms. The van der Waals surface area contributed by atoms with Crippen LogP contribution in [0.25, 0.3) is 10.9 Å². The van der Waals surface area contributed by atoms with Gasteiger partial charge < -0.3 is 9.67 Å². The quantitative estimate of drug-likeness (QED) is 0.790. The van der Waals surface area contributed by atoms with Gasteiger partial charge in [0, 0.05) is 7.05 Å². The van der Waals surface area contributed by atoms with E-state index < -0.39 is 11.3 Å². The lowest BCUT2D eigenvalue weighted by Gasteiger charge is -2.10. The number of Topliss-reactive ketones (excluding diaryl/α,β-unsaturated/α-hetero) is 1. The summed E-state index contributed by atoms with van der Waals surface area (Å²) in [4.78, 5) is 23.3. The molecule has 0 aliphatic rings. The van der Waals surface area contributed by atoms with Gasteiger partial charge in [-0.25, -0.2) is 0 Å². The molecule has 0 saturated carbocycles. The van der Waals surface area contributed by atoms with Crippen LogP contribution in [0.1, 0.15) is 17.3 Å². The Morgan fingerprint density at radius 3 is 2.65 bits per heavy atom. The Morgan fingerprint density at radius 2 is 2.06 bits per heavy atom. The monoisotopic (exact) mass is 251 g/mol. The summed E-state index contributed by atoms with van der Waals surface area (Å²) < 4.78 is 1.30. The molecule has 0 bridgehead atoms. The molecule has 0 amide bonds. The van der Waals surface area contributed by atoms with E-state index in [0.717, 1.165) is 0 Å². The molecule has 0 atom stereocenters. The zero-order valence-electron chi connectivity index (χ0n) is 9.32. The van der Waals surface area contributed by atoms with Crippen molar-refractivity contribution in [2.75, 3.05) is 0 Å². The van der Waals surface area contributed by atoms with Gasteiger partial charge in [-0.15, -0.1) is 0 Å². The third kappa shape index (κ3) is 1.61. The van der Waals surface area contributed by atoms with Crippen LogP contribution in [0.3, 0.4) is 0 Å². The lowest BCUT2D eigenvalue weighted by Crippen LogP contribution is -2.23. The Hall–Kier alpha value is -1.81. The van der Waals surface area contributed by atoms with Crippen LogP contribution in [0, 0.1) is 0 Å². The molecule has 0 spiro atoms. The van der Waals surface area contributed by atoms with E-state index in [1.165, 1.54) is 18.5 Å². The van der Waals surface area contributed by atoms with Crippen LogP contribution in [0.5, 0.6) is 5.75 Å². The van der Waals surface area contributed by atoms with Gasteiger partial charge in [0.25, 0.3) is 5.56 Å². The van der Waals surface area contributed by atoms with E-state index in [0.29, 0.717) is 15.9 Å². The minimum Gasteiger partial charge on any atom is -0.506 e. The molecule has 4 nitrogen and oxygen atoms in total. The summed E-state index contributed by atoms with van der Waals surface area (Å²) in [6.45, 7) is 1.24. The number of carbonyl (C=O) groups excluding carboxylic acids is 1. The van der Waals surface area contributed by atoms with Crippen molar-refractivity contribution in [3.8, 4) is 5.75 Å². The summed E-state index contributed by atoms with van der Waals surface area (Å²) in [6, 6.07) is 4.93. The highest BCUT2D eigenvalue weighted by atomic mass is 35.5. The number of hydrogen-bond acceptors (Lipinski definition) is 3. The third-order valence-electron chi connectivity index (χ3n) is 2.70. The van der Waals surface area contributed by atoms with E-state index in [-0.39, 0.29) is 11.3 Å². The molecular formula is C12H10ClNO3. The predicted molar refractivity (Wildman–Crippen MR) is 65.9 cm³/mol. The molecule has 2 aromatic rings. The first-order valence-electron chi connectivity index (χ1n) is 4.96. The van der Waals surface area contributed by atoms with Gasteiger partial charge in [-0.2, -0.15) is 0 Å². The molecule has 0 radical (unpaired) electrons. The van der Waals surface area contributed by atoms with Gasteiger partial charge in [0.2, 0.25) is 0 Å². The summed E-state index contributed by atoms with van der Waals surface area (Å²) >= 11 is 5.98. The SMILES string of the molecule is CC(=O)c1c(O)c2c(Cl)cccc2n(C)c1=O. The summed E-state index contributed by atoms with van der Waals surface area (Å²) in [5.41, 5.74) is -0.261. The molecule has 0 aliphatic heterocycles. The molecule has 0 saturated heterocycles. The first kappa shape index (κ1) is 11.7. The van der Waals surface area contributed by atoms with Crippen LogP contribution in [-0.4, -0.2) is 15.5 Å². The number of benzene rings is 1. The molecule has 1 aromatic carbocycles. The fraction of sp³-hybridized carbons (Fsp3) is 0.167. The number of halogens is 1. The molecular weight excluding hydrogens is 242 g/mol. The van der Waals surface area contributed by atoms with E-state index in [9.17, 15) is 14.7 Å². The maximum atomic E-state index is 11.9. The van der Waals surface area contributed by atoms with Crippen molar-refractivity contribution >= 4 is 28.3 Å². The van der Waals surface area contributed by atoms with E-state index in [1.54, 1.807) is 18.2 Å². The standard InChI is InChI=1S/C12H10ClNO3/c1-6(15)9-11(16)10-7(13)4-3-5-8(10)14(2)12(9)17/h3-5,16H,1-2H3. The number of fused-ring (bicyclic) bond motifs is 1. The van der Waals surface area contributed by atoms with Crippen LogP contribution in [0.4, 0.5) is 0 Å². The average Bonchev–Trinajstić information content (AvgIpc) is 2.25. The average molecular weight is 252 g/mol. The number of aromatic hydroxyl groups is 1. The van der Waals surface area contributed by atoms with Gasteiger partial charge in [-0.05, 0) is 19.1 Å². The predicted octanol–water partition coefficient (Wildman–Crippen LogP) is 2.10. The maximum absolute atomic E-state index is 11.9. The molecule has 0 aliphatic carbocycles. The second-order valence-corrected chi connectivity index (χ2v) is 4.19. The van der Waals surface area contributed by atoms with Crippen molar-refractivity contribution in [1.29, 1.82) is 0 Å². The smallest absolute Gasteiger partial charge is 0.265 e. The number of rotatable bonds is 1. The topological polar surface area (TPSA) is 59.3 Å². The van der Waals surface area contributed by atoms with E-state index in [4.69, 9.17) is 11.6 Å². The Balaban J connectivity index is 3.13. The highest BCUT2D eigenvalue weighted by Gasteiger charge is 2.19. The van der Waals surface area contributed by atoms with Crippen molar-refractivity contribution in [2.45, 2.75) is 6.92 Å². The molecule has 1 N–H and O–H groups in total. The Bertz CT molecular complexity index is 688. The fourth-order valence-electron chi connectivity index (χ4n) is 1.85. The number of ketones is 1. The Kier molecular flexibility index (Phi) is 2.67. The van der Waals surface area contributed by atoms with Gasteiger partial charge in [0.1, 0.15) is 11.3 Å². The molecule has 2 rings (SSSR count). The van der Waals surface area contributed by atoms with Crippen LogP contribution in [0.2, 0.25) is 5.02 Å². The second-order valence-electron chi connectivity index (χ2n) is 3.78. The van der Waals surface area contributed by atoms with Crippen molar-refractivity contribution in [2.24, 2.45) is 7.05 Å². The number of pyridine rings is 1. The van der Waals surface area contributed by atoms with Crippen molar-refractivity contribution in [3.63, 3.8) is 0 Å². The van der Waals surface area contributed by atoms with Gasteiger partial charge in [0.05, 0.1) is 15.9 Å². The second kappa shape index (κ2) is 3.89. The lowest BCUT2D eigenvalue weighted by atomic mass is 10.1. The number of hydrogen-bond donors (Lipinski definition) is 1. The van der Waals surface area contributed by atoms with E-state index in [2.05, 4.69) is 0 Å². The van der Waals surface area contributed by atoms with Crippen LogP contribution < -0.4 is 5.56 Å². The van der Waals surface area contributed by atoms with Crippen molar-refractivity contribution < 1.29 is 9.90 Å². The Morgan fingerprint density at radius 1 is 1.41 bits per heavy atom. The molecule has 17 heavy (non-hydrogen) atoms. The van der Waals surface area contributed by atoms with E-state index >= 15 is 0 Å².